The number of benzene rings is 3. The van der Waals surface area contributed by atoms with Crippen molar-refractivity contribution < 1.29 is 22.4 Å². The highest BCUT2D eigenvalue weighted by Gasteiger charge is 2.36. The standard InChI is InChI=1S/C31H34FN3O4S/c1-21-16-22(2)19-34(18-21)15-7-14-33-30(36)23-12-13-29-27(17-23)35(20-24-8-3-5-10-26(24)32)31(37)25-9-4-6-11-28(25)40(29,38)39/h3-6,8-13,17,21-22H,7,14-16,18-20H2,1-2H3,(H,33,36)/t21-,22-/m0/s1. The van der Waals surface area contributed by atoms with Gasteiger partial charge in [0, 0.05) is 30.8 Å². The number of fused-ring (bicyclic) bond motifs is 2. The van der Waals surface area contributed by atoms with Gasteiger partial charge in [-0.25, -0.2) is 12.8 Å². The van der Waals surface area contributed by atoms with E-state index in [1.54, 1.807) is 30.3 Å². The zero-order chi connectivity index (χ0) is 28.4. The van der Waals surface area contributed by atoms with Crippen LogP contribution in [0, 0.1) is 17.7 Å². The van der Waals surface area contributed by atoms with E-state index in [9.17, 15) is 22.4 Å². The van der Waals surface area contributed by atoms with E-state index in [0.29, 0.717) is 18.4 Å². The Morgan fingerprint density at radius 1 is 0.975 bits per heavy atom. The van der Waals surface area contributed by atoms with Crippen LogP contribution < -0.4 is 10.2 Å². The van der Waals surface area contributed by atoms with Crippen molar-refractivity contribution in [1.29, 1.82) is 0 Å². The molecule has 210 valence electrons. The number of likely N-dealkylation sites (tertiary alicyclic amines) is 1. The normalized spacial score (nSPS) is 20.4. The third-order valence-corrected chi connectivity index (χ3v) is 9.48. The molecule has 5 rings (SSSR count). The Morgan fingerprint density at radius 2 is 1.68 bits per heavy atom. The number of hydrogen-bond donors (Lipinski definition) is 1. The molecule has 0 unspecified atom stereocenters. The highest BCUT2D eigenvalue weighted by molar-refractivity contribution is 7.91. The van der Waals surface area contributed by atoms with Gasteiger partial charge in [-0.2, -0.15) is 0 Å². The SMILES string of the molecule is C[C@H]1C[C@H](C)CN(CCCNC(=O)c2ccc3c(c2)N(Cc2ccccc2F)C(=O)c2ccccc2S3(=O)=O)C1. The number of nitrogens with zero attached hydrogens (tertiary/aromatic N) is 2. The maximum atomic E-state index is 14.6. The first kappa shape index (κ1) is 28.0. The summed E-state index contributed by atoms with van der Waals surface area (Å²) in [6.45, 7) is 7.82. The number of carbonyl (C=O) groups is 2. The molecule has 0 aliphatic carbocycles. The molecule has 0 saturated carbocycles. The Bertz CT molecular complexity index is 1530. The number of nitrogens with one attached hydrogen (secondary N) is 1. The summed E-state index contributed by atoms with van der Waals surface area (Å²) in [5.74, 6) is -0.126. The van der Waals surface area contributed by atoms with Crippen molar-refractivity contribution in [2.45, 2.75) is 43.0 Å². The summed E-state index contributed by atoms with van der Waals surface area (Å²) < 4.78 is 41.9. The zero-order valence-corrected chi connectivity index (χ0v) is 23.6. The van der Waals surface area contributed by atoms with Crippen molar-refractivity contribution in [1.82, 2.24) is 10.2 Å². The van der Waals surface area contributed by atoms with Crippen molar-refractivity contribution in [2.24, 2.45) is 11.8 Å². The van der Waals surface area contributed by atoms with Crippen LogP contribution in [0.4, 0.5) is 10.1 Å². The number of carbonyl (C=O) groups excluding carboxylic acids is 2. The minimum atomic E-state index is -4.08. The van der Waals surface area contributed by atoms with Crippen LogP contribution in [0.3, 0.4) is 0 Å². The molecule has 0 spiro atoms. The lowest BCUT2D eigenvalue weighted by Crippen LogP contribution is -2.40. The molecule has 2 amide bonds. The number of piperidine rings is 1. The molecule has 2 aliphatic rings. The van der Waals surface area contributed by atoms with Gasteiger partial charge in [-0.1, -0.05) is 44.2 Å². The molecule has 2 atom stereocenters. The second kappa shape index (κ2) is 11.5. The van der Waals surface area contributed by atoms with Gasteiger partial charge in [0.05, 0.1) is 27.6 Å². The van der Waals surface area contributed by atoms with Gasteiger partial charge in [-0.15, -0.1) is 0 Å². The summed E-state index contributed by atoms with van der Waals surface area (Å²) >= 11 is 0. The maximum Gasteiger partial charge on any atom is 0.259 e. The molecular weight excluding hydrogens is 529 g/mol. The number of anilines is 1. The van der Waals surface area contributed by atoms with Crippen molar-refractivity contribution in [3.63, 3.8) is 0 Å². The molecule has 0 bridgehead atoms. The van der Waals surface area contributed by atoms with Crippen LogP contribution in [-0.4, -0.2) is 51.3 Å². The van der Waals surface area contributed by atoms with Crippen molar-refractivity contribution in [3.05, 3.63) is 89.2 Å². The number of halogens is 1. The lowest BCUT2D eigenvalue weighted by Gasteiger charge is -2.34. The summed E-state index contributed by atoms with van der Waals surface area (Å²) in [4.78, 5) is 30.3. The van der Waals surface area contributed by atoms with Crippen LogP contribution in [-0.2, 0) is 16.4 Å². The number of sulfone groups is 1. The average molecular weight is 564 g/mol. The van der Waals surface area contributed by atoms with E-state index in [0.717, 1.165) is 26.1 Å². The summed E-state index contributed by atoms with van der Waals surface area (Å²) in [6.07, 6.45) is 2.03. The molecule has 3 aromatic carbocycles. The summed E-state index contributed by atoms with van der Waals surface area (Å²) in [6, 6.07) is 16.3. The van der Waals surface area contributed by atoms with Crippen LogP contribution in [0.1, 0.15) is 53.0 Å². The van der Waals surface area contributed by atoms with E-state index in [1.165, 1.54) is 47.7 Å². The topological polar surface area (TPSA) is 86.8 Å². The monoisotopic (exact) mass is 563 g/mol. The summed E-state index contributed by atoms with van der Waals surface area (Å²) in [5.41, 5.74) is 0.511. The lowest BCUT2D eigenvalue weighted by molar-refractivity contribution is 0.0944. The van der Waals surface area contributed by atoms with Gasteiger partial charge in [0.15, 0.2) is 0 Å². The van der Waals surface area contributed by atoms with Crippen molar-refractivity contribution in [2.75, 3.05) is 31.1 Å². The molecule has 2 aliphatic heterocycles. The Hall–Kier alpha value is -3.56. The molecule has 2 heterocycles. The second-order valence-corrected chi connectivity index (χ2v) is 12.9. The van der Waals surface area contributed by atoms with E-state index in [2.05, 4.69) is 24.1 Å². The summed E-state index contributed by atoms with van der Waals surface area (Å²) in [7, 11) is -4.08. The first-order valence-corrected chi connectivity index (χ1v) is 15.2. The van der Waals surface area contributed by atoms with E-state index < -0.39 is 21.6 Å². The Morgan fingerprint density at radius 3 is 2.42 bits per heavy atom. The second-order valence-electron chi connectivity index (χ2n) is 11.0. The summed E-state index contributed by atoms with van der Waals surface area (Å²) in [5, 5.41) is 2.93. The smallest absolute Gasteiger partial charge is 0.259 e. The minimum absolute atomic E-state index is 0.00221. The third-order valence-electron chi connectivity index (χ3n) is 7.62. The lowest BCUT2D eigenvalue weighted by atomic mass is 9.92. The Balaban J connectivity index is 1.41. The van der Waals surface area contributed by atoms with Gasteiger partial charge in [0.25, 0.3) is 11.8 Å². The molecule has 40 heavy (non-hydrogen) atoms. The first-order chi connectivity index (χ1) is 19.1. The molecule has 3 aromatic rings. The van der Waals surface area contributed by atoms with Crippen molar-refractivity contribution in [3.8, 4) is 0 Å². The quantitative estimate of drug-likeness (QED) is 0.413. The predicted molar refractivity (Wildman–Crippen MR) is 152 cm³/mol. The highest BCUT2D eigenvalue weighted by atomic mass is 32.2. The molecule has 0 aromatic heterocycles. The van der Waals surface area contributed by atoms with Gasteiger partial charge in [-0.3, -0.25) is 9.59 Å². The fourth-order valence-corrected chi connectivity index (χ4v) is 7.51. The van der Waals surface area contributed by atoms with E-state index in [4.69, 9.17) is 0 Å². The molecule has 1 fully saturated rings. The number of rotatable bonds is 7. The fourth-order valence-electron chi connectivity index (χ4n) is 5.88. The predicted octanol–water partition coefficient (Wildman–Crippen LogP) is 4.92. The van der Waals surface area contributed by atoms with Gasteiger partial charge in [0.2, 0.25) is 9.84 Å². The van der Waals surface area contributed by atoms with Crippen LogP contribution in [0.25, 0.3) is 0 Å². The Kier molecular flexibility index (Phi) is 8.05. The maximum absolute atomic E-state index is 14.6. The zero-order valence-electron chi connectivity index (χ0n) is 22.8. The molecule has 1 N–H and O–H groups in total. The molecule has 9 heteroatoms. The largest absolute Gasteiger partial charge is 0.352 e. The van der Waals surface area contributed by atoms with Gasteiger partial charge in [-0.05, 0) is 67.6 Å². The molecule has 0 radical (unpaired) electrons. The molecular formula is C31H34FN3O4S. The van der Waals surface area contributed by atoms with Crippen LogP contribution in [0.5, 0.6) is 0 Å². The third kappa shape index (κ3) is 5.67. The van der Waals surface area contributed by atoms with Gasteiger partial charge in [0.1, 0.15) is 5.82 Å². The van der Waals surface area contributed by atoms with E-state index >= 15 is 0 Å². The van der Waals surface area contributed by atoms with E-state index in [-0.39, 0.29) is 44.6 Å². The van der Waals surface area contributed by atoms with Gasteiger partial charge >= 0.3 is 0 Å². The Labute approximate surface area is 234 Å². The molecule has 7 nitrogen and oxygen atoms in total. The highest BCUT2D eigenvalue weighted by Crippen LogP contribution is 2.38. The van der Waals surface area contributed by atoms with Gasteiger partial charge < -0.3 is 15.1 Å². The molecule has 1 saturated heterocycles. The first-order valence-electron chi connectivity index (χ1n) is 13.7. The fraction of sp³-hybridized carbons (Fsp3) is 0.355. The van der Waals surface area contributed by atoms with Crippen molar-refractivity contribution >= 4 is 27.3 Å². The average Bonchev–Trinajstić information content (AvgIpc) is 2.99. The minimum Gasteiger partial charge on any atom is -0.352 e. The van der Waals surface area contributed by atoms with Crippen LogP contribution in [0.2, 0.25) is 0 Å². The number of amides is 2. The number of hydrogen-bond acceptors (Lipinski definition) is 5. The van der Waals surface area contributed by atoms with Crippen LogP contribution >= 0.6 is 0 Å². The van der Waals surface area contributed by atoms with Crippen LogP contribution in [0.15, 0.2) is 76.5 Å². The van der Waals surface area contributed by atoms with E-state index in [1.807, 2.05) is 0 Å².